The molecule has 0 radical (unpaired) electrons. The topological polar surface area (TPSA) is 86.7 Å². The highest BCUT2D eigenvalue weighted by Gasteiger charge is 2.23. The van der Waals surface area contributed by atoms with E-state index in [0.29, 0.717) is 12.8 Å². The summed E-state index contributed by atoms with van der Waals surface area (Å²) in [5.74, 6) is -4.34. The summed E-state index contributed by atoms with van der Waals surface area (Å²) in [5, 5.41) is 0. The molecule has 254 valence electrons. The van der Waals surface area contributed by atoms with Gasteiger partial charge in [-0.25, -0.2) is 9.59 Å². The van der Waals surface area contributed by atoms with Gasteiger partial charge in [0, 0.05) is 12.8 Å². The van der Waals surface area contributed by atoms with Gasteiger partial charge in [-0.15, -0.1) is 0 Å². The van der Waals surface area contributed by atoms with Gasteiger partial charge in [0.1, 0.15) is 0 Å². The molecular weight excluding hydrogens is 552 g/mol. The lowest BCUT2D eigenvalue weighted by Crippen LogP contribution is -2.25. The summed E-state index contributed by atoms with van der Waals surface area (Å²) in [6.07, 6.45) is 39.2. The Morgan fingerprint density at radius 2 is 0.614 bits per heavy atom. The van der Waals surface area contributed by atoms with Crippen LogP contribution in [-0.2, 0) is 28.7 Å². The summed E-state index contributed by atoms with van der Waals surface area (Å²) < 4.78 is 9.09. The number of ether oxygens (including phenoxy) is 2. The maximum Gasteiger partial charge on any atom is 0.425 e. The van der Waals surface area contributed by atoms with Crippen LogP contribution in [0.5, 0.6) is 0 Å². The van der Waals surface area contributed by atoms with Gasteiger partial charge < -0.3 is 9.47 Å². The fraction of sp³-hybridized carbons (Fsp3) is 0.789. The monoisotopic (exact) mass is 618 g/mol. The van der Waals surface area contributed by atoms with Gasteiger partial charge in [0.05, 0.1) is 0 Å². The first-order valence-corrected chi connectivity index (χ1v) is 18.3. The van der Waals surface area contributed by atoms with Crippen LogP contribution in [0, 0.1) is 0 Å². The van der Waals surface area contributed by atoms with Crippen molar-refractivity contribution in [1.29, 1.82) is 0 Å². The van der Waals surface area contributed by atoms with Crippen molar-refractivity contribution < 1.29 is 28.7 Å². The highest BCUT2D eigenvalue weighted by molar-refractivity contribution is 6.33. The highest BCUT2D eigenvalue weighted by Crippen LogP contribution is 2.12. The molecule has 0 atom stereocenters. The molecule has 0 bridgehead atoms. The van der Waals surface area contributed by atoms with Gasteiger partial charge in [0.15, 0.2) is 0 Å². The van der Waals surface area contributed by atoms with Gasteiger partial charge in [-0.05, 0) is 64.2 Å². The molecule has 6 heteroatoms. The van der Waals surface area contributed by atoms with E-state index in [1.807, 2.05) is 0 Å². The second-order valence-corrected chi connectivity index (χ2v) is 12.2. The standard InChI is InChI=1S/C38H66O6/c1-3-5-7-9-11-13-15-17-19-21-23-25-27-29-31-33-35(39)43-37(41)38(42)44-36(40)34-32-30-28-26-24-22-20-18-16-14-12-10-8-6-4-2/h17-20H,3-16,21-34H2,1-2H3. The molecule has 0 saturated heterocycles. The number of unbranched alkanes of at least 4 members (excludes halogenated alkanes) is 22. The summed E-state index contributed by atoms with van der Waals surface area (Å²) in [6.45, 7) is 4.48. The first-order chi connectivity index (χ1) is 21.5. The lowest BCUT2D eigenvalue weighted by Gasteiger charge is -2.04. The predicted octanol–water partition coefficient (Wildman–Crippen LogP) is 11.2. The summed E-state index contributed by atoms with van der Waals surface area (Å²) in [5.41, 5.74) is 0. The Morgan fingerprint density at radius 1 is 0.364 bits per heavy atom. The molecule has 0 spiro atoms. The van der Waals surface area contributed by atoms with Crippen molar-refractivity contribution in [2.45, 2.75) is 194 Å². The van der Waals surface area contributed by atoms with Crippen LogP contribution in [0.15, 0.2) is 24.3 Å². The molecule has 0 aliphatic rings. The molecule has 0 aromatic heterocycles. The molecule has 0 aromatic rings. The van der Waals surface area contributed by atoms with E-state index in [2.05, 4.69) is 47.6 Å². The lowest BCUT2D eigenvalue weighted by atomic mass is 10.1. The number of carbonyl (C=O) groups is 4. The number of esters is 4. The first kappa shape index (κ1) is 41.8. The minimum Gasteiger partial charge on any atom is -0.384 e. The van der Waals surface area contributed by atoms with Crippen LogP contribution in [0.3, 0.4) is 0 Å². The van der Waals surface area contributed by atoms with E-state index < -0.39 is 23.9 Å². The molecular formula is C38H66O6. The first-order valence-electron chi connectivity index (χ1n) is 18.3. The molecule has 0 aliphatic carbocycles. The lowest BCUT2D eigenvalue weighted by molar-refractivity contribution is -0.177. The van der Waals surface area contributed by atoms with Crippen molar-refractivity contribution in [1.82, 2.24) is 0 Å². The van der Waals surface area contributed by atoms with E-state index in [9.17, 15) is 19.2 Å². The van der Waals surface area contributed by atoms with Crippen LogP contribution in [0.2, 0.25) is 0 Å². The normalized spacial score (nSPS) is 11.4. The third-order valence-corrected chi connectivity index (χ3v) is 7.87. The minimum absolute atomic E-state index is 0.0695. The fourth-order valence-electron chi connectivity index (χ4n) is 5.07. The number of hydrogen-bond donors (Lipinski definition) is 0. The Bertz CT molecular complexity index is 705. The van der Waals surface area contributed by atoms with Crippen LogP contribution >= 0.6 is 0 Å². The molecule has 6 nitrogen and oxygen atoms in total. The highest BCUT2D eigenvalue weighted by atomic mass is 16.6. The van der Waals surface area contributed by atoms with Gasteiger partial charge in [0.25, 0.3) is 0 Å². The summed E-state index contributed by atoms with van der Waals surface area (Å²) in [7, 11) is 0. The zero-order chi connectivity index (χ0) is 32.4. The molecule has 0 aliphatic heterocycles. The molecule has 0 aromatic carbocycles. The Labute approximate surface area is 270 Å². The van der Waals surface area contributed by atoms with Crippen molar-refractivity contribution in [3.05, 3.63) is 24.3 Å². The average Bonchev–Trinajstić information content (AvgIpc) is 3.00. The van der Waals surface area contributed by atoms with Gasteiger partial charge in [-0.3, -0.25) is 9.59 Å². The number of hydrogen-bond acceptors (Lipinski definition) is 6. The van der Waals surface area contributed by atoms with E-state index in [-0.39, 0.29) is 12.8 Å². The van der Waals surface area contributed by atoms with E-state index in [4.69, 9.17) is 0 Å². The second-order valence-electron chi connectivity index (χ2n) is 12.2. The fourth-order valence-corrected chi connectivity index (χ4v) is 5.07. The van der Waals surface area contributed by atoms with Crippen molar-refractivity contribution in [2.24, 2.45) is 0 Å². The van der Waals surface area contributed by atoms with Crippen LogP contribution in [-0.4, -0.2) is 23.9 Å². The number of rotatable bonds is 30. The molecule has 0 rings (SSSR count). The van der Waals surface area contributed by atoms with Crippen LogP contribution in [0.1, 0.15) is 194 Å². The predicted molar refractivity (Wildman–Crippen MR) is 181 cm³/mol. The van der Waals surface area contributed by atoms with Crippen LogP contribution in [0.25, 0.3) is 0 Å². The molecule has 0 heterocycles. The smallest absolute Gasteiger partial charge is 0.384 e. The van der Waals surface area contributed by atoms with Crippen molar-refractivity contribution in [3.8, 4) is 0 Å². The Hall–Kier alpha value is -2.24. The molecule has 0 fully saturated rings. The van der Waals surface area contributed by atoms with Crippen molar-refractivity contribution >= 4 is 23.9 Å². The Balaban J connectivity index is 3.61. The Kier molecular flexibility index (Phi) is 31.9. The second kappa shape index (κ2) is 33.6. The Morgan fingerprint density at radius 3 is 0.909 bits per heavy atom. The van der Waals surface area contributed by atoms with Gasteiger partial charge in [0.2, 0.25) is 0 Å². The minimum atomic E-state index is -1.42. The summed E-state index contributed by atoms with van der Waals surface area (Å²) in [4.78, 5) is 47.3. The third-order valence-electron chi connectivity index (χ3n) is 7.87. The van der Waals surface area contributed by atoms with Crippen LogP contribution < -0.4 is 0 Å². The van der Waals surface area contributed by atoms with Gasteiger partial charge in [-0.2, -0.15) is 0 Å². The SMILES string of the molecule is CCCCCCCCC=CCCCCCCCC(=O)OC(=O)C(=O)OC(=O)CCCCCCCC=CCCCCCCCC. The van der Waals surface area contributed by atoms with Crippen LogP contribution in [0.4, 0.5) is 0 Å². The maximum absolute atomic E-state index is 11.9. The zero-order valence-corrected chi connectivity index (χ0v) is 28.6. The summed E-state index contributed by atoms with van der Waals surface area (Å²) >= 11 is 0. The van der Waals surface area contributed by atoms with E-state index in [0.717, 1.165) is 64.2 Å². The van der Waals surface area contributed by atoms with E-state index >= 15 is 0 Å². The third kappa shape index (κ3) is 31.2. The quantitative estimate of drug-likeness (QED) is 0.0262. The van der Waals surface area contributed by atoms with Gasteiger partial charge in [-0.1, -0.05) is 141 Å². The van der Waals surface area contributed by atoms with Crippen molar-refractivity contribution in [2.75, 3.05) is 0 Å². The maximum atomic E-state index is 11.9. The van der Waals surface area contributed by atoms with Gasteiger partial charge >= 0.3 is 23.9 Å². The average molecular weight is 619 g/mol. The summed E-state index contributed by atoms with van der Waals surface area (Å²) in [6, 6.07) is 0. The zero-order valence-electron chi connectivity index (χ0n) is 28.6. The molecule has 0 saturated carbocycles. The molecule has 0 unspecified atom stereocenters. The van der Waals surface area contributed by atoms with E-state index in [1.54, 1.807) is 0 Å². The van der Waals surface area contributed by atoms with Crippen molar-refractivity contribution in [3.63, 3.8) is 0 Å². The molecule has 0 N–H and O–H groups in total. The molecule has 44 heavy (non-hydrogen) atoms. The number of carbonyl (C=O) groups excluding carboxylic acids is 4. The largest absolute Gasteiger partial charge is 0.425 e. The molecule has 0 amide bonds. The van der Waals surface area contributed by atoms with E-state index in [1.165, 1.54) is 89.9 Å². The number of allylic oxidation sites excluding steroid dienone is 4.